The summed E-state index contributed by atoms with van der Waals surface area (Å²) in [7, 11) is -2.97. The van der Waals surface area contributed by atoms with Gasteiger partial charge in [0, 0.05) is 11.9 Å². The van der Waals surface area contributed by atoms with E-state index in [0.29, 0.717) is 13.0 Å². The molecule has 1 aliphatic rings. The minimum Gasteiger partial charge on any atom is -0.356 e. The Labute approximate surface area is 102 Å². The molecule has 16 heavy (non-hydrogen) atoms. The predicted molar refractivity (Wildman–Crippen MR) is 64.3 cm³/mol. The van der Waals surface area contributed by atoms with Crippen molar-refractivity contribution in [2.75, 3.05) is 18.1 Å². The Morgan fingerprint density at radius 1 is 1.56 bits per heavy atom. The molecule has 1 fully saturated rings. The van der Waals surface area contributed by atoms with Gasteiger partial charge in [-0.1, -0.05) is 6.92 Å². The molecule has 2 atom stereocenters. The molecule has 4 nitrogen and oxygen atoms in total. The summed E-state index contributed by atoms with van der Waals surface area (Å²) < 4.78 is 22.3. The van der Waals surface area contributed by atoms with Gasteiger partial charge in [-0.15, -0.1) is 11.6 Å². The number of nitrogens with one attached hydrogen (secondary N) is 1. The quantitative estimate of drug-likeness (QED) is 0.755. The van der Waals surface area contributed by atoms with E-state index < -0.39 is 9.84 Å². The molecule has 0 aromatic heterocycles. The molecule has 1 N–H and O–H groups in total. The number of sulfone groups is 1. The smallest absolute Gasteiger partial charge is 0.224 e. The van der Waals surface area contributed by atoms with E-state index in [1.165, 1.54) is 0 Å². The van der Waals surface area contributed by atoms with E-state index in [1.807, 2.05) is 6.92 Å². The van der Waals surface area contributed by atoms with Gasteiger partial charge >= 0.3 is 0 Å². The molecule has 94 valence electrons. The van der Waals surface area contributed by atoms with Crippen molar-refractivity contribution in [2.24, 2.45) is 5.92 Å². The van der Waals surface area contributed by atoms with E-state index in [4.69, 9.17) is 11.6 Å². The Morgan fingerprint density at radius 2 is 2.25 bits per heavy atom. The summed E-state index contributed by atoms with van der Waals surface area (Å²) in [5.74, 6) is -0.379. The van der Waals surface area contributed by atoms with Gasteiger partial charge in [0.25, 0.3) is 0 Å². The summed E-state index contributed by atoms with van der Waals surface area (Å²) in [6, 6.07) is 0. The van der Waals surface area contributed by atoms with E-state index in [0.717, 1.165) is 12.8 Å². The van der Waals surface area contributed by atoms with Crippen molar-refractivity contribution in [2.45, 2.75) is 31.6 Å². The van der Waals surface area contributed by atoms with Crippen molar-refractivity contribution in [3.63, 3.8) is 0 Å². The Hall–Kier alpha value is -0.290. The first-order valence-corrected chi connectivity index (χ1v) is 7.82. The van der Waals surface area contributed by atoms with Gasteiger partial charge in [0.1, 0.15) is 0 Å². The lowest BCUT2D eigenvalue weighted by molar-refractivity contribution is -0.124. The molecular formula is C10H18ClNO3S. The van der Waals surface area contributed by atoms with Crippen molar-refractivity contribution in [3.8, 4) is 0 Å². The first kappa shape index (κ1) is 13.8. The Balaban J connectivity index is 2.26. The van der Waals surface area contributed by atoms with Crippen molar-refractivity contribution < 1.29 is 13.2 Å². The van der Waals surface area contributed by atoms with E-state index in [9.17, 15) is 13.2 Å². The van der Waals surface area contributed by atoms with Crippen LogP contribution in [0.5, 0.6) is 0 Å². The number of halogens is 1. The fraction of sp³-hybridized carbons (Fsp3) is 0.900. The first-order valence-electron chi connectivity index (χ1n) is 5.57. The summed E-state index contributed by atoms with van der Waals surface area (Å²) >= 11 is 5.91. The summed E-state index contributed by atoms with van der Waals surface area (Å²) in [6.07, 6.45) is 2.05. The zero-order chi connectivity index (χ0) is 12.2. The van der Waals surface area contributed by atoms with Gasteiger partial charge in [0.05, 0.1) is 17.4 Å². The second-order valence-corrected chi connectivity index (χ2v) is 7.03. The first-order chi connectivity index (χ1) is 7.44. The van der Waals surface area contributed by atoms with Crippen LogP contribution in [-0.4, -0.2) is 37.8 Å². The zero-order valence-corrected chi connectivity index (χ0v) is 11.0. The average molecular weight is 268 g/mol. The maximum absolute atomic E-state index is 11.6. The molecule has 1 rings (SSSR count). The van der Waals surface area contributed by atoms with Crippen LogP contribution in [0.3, 0.4) is 0 Å². The van der Waals surface area contributed by atoms with Crippen LogP contribution < -0.4 is 5.32 Å². The monoisotopic (exact) mass is 267 g/mol. The maximum atomic E-state index is 11.6. The largest absolute Gasteiger partial charge is 0.356 e. The molecule has 0 aliphatic carbocycles. The molecule has 0 bridgehead atoms. The average Bonchev–Trinajstić information content (AvgIpc) is 2.58. The summed E-state index contributed by atoms with van der Waals surface area (Å²) in [5.41, 5.74) is 0. The molecule has 0 spiro atoms. The molecule has 1 aliphatic heterocycles. The molecule has 0 radical (unpaired) electrons. The number of hydrogen-bond donors (Lipinski definition) is 1. The van der Waals surface area contributed by atoms with E-state index in [2.05, 4.69) is 5.32 Å². The molecule has 0 aromatic rings. The normalized spacial score (nSPS) is 25.2. The molecule has 0 saturated carbocycles. The third kappa shape index (κ3) is 4.29. The van der Waals surface area contributed by atoms with E-state index >= 15 is 0 Å². The number of carbonyl (C=O) groups excluding carboxylic acids is 1. The molecule has 1 heterocycles. The highest BCUT2D eigenvalue weighted by atomic mass is 35.5. The maximum Gasteiger partial charge on any atom is 0.224 e. The third-order valence-electron chi connectivity index (χ3n) is 2.80. The van der Waals surface area contributed by atoms with Crippen LogP contribution in [0.4, 0.5) is 0 Å². The van der Waals surface area contributed by atoms with Gasteiger partial charge in [0.15, 0.2) is 9.84 Å². The molecular weight excluding hydrogens is 250 g/mol. The summed E-state index contributed by atoms with van der Waals surface area (Å²) in [4.78, 5) is 11.6. The second-order valence-electron chi connectivity index (χ2n) is 4.19. The van der Waals surface area contributed by atoms with Gasteiger partial charge in [-0.2, -0.15) is 0 Å². The minimum atomic E-state index is -2.97. The Kier molecular flexibility index (Phi) is 5.05. The van der Waals surface area contributed by atoms with Gasteiger partial charge in [0.2, 0.25) is 5.91 Å². The lowest BCUT2D eigenvalue weighted by atomic mass is 10.1. The van der Waals surface area contributed by atoms with Crippen molar-refractivity contribution >= 4 is 27.3 Å². The highest BCUT2D eigenvalue weighted by molar-refractivity contribution is 7.91. The third-order valence-corrected chi connectivity index (χ3v) is 5.10. The highest BCUT2D eigenvalue weighted by Gasteiger charge is 2.32. The number of rotatable bonds is 5. The van der Waals surface area contributed by atoms with Crippen molar-refractivity contribution in [1.82, 2.24) is 5.32 Å². The van der Waals surface area contributed by atoms with E-state index in [1.54, 1.807) is 0 Å². The number of hydrogen-bond acceptors (Lipinski definition) is 3. The van der Waals surface area contributed by atoms with Crippen LogP contribution in [0.2, 0.25) is 0 Å². The SMILES string of the molecule is CCC(Cl)CCNC(=O)C1CCS(=O)(=O)C1. The van der Waals surface area contributed by atoms with Crippen molar-refractivity contribution in [1.29, 1.82) is 0 Å². The minimum absolute atomic E-state index is 0.00306. The summed E-state index contributed by atoms with van der Waals surface area (Å²) in [6.45, 7) is 2.51. The van der Waals surface area contributed by atoms with Crippen molar-refractivity contribution in [3.05, 3.63) is 0 Å². The van der Waals surface area contributed by atoms with Crippen LogP contribution in [0.15, 0.2) is 0 Å². The van der Waals surface area contributed by atoms with Gasteiger partial charge in [-0.25, -0.2) is 8.42 Å². The van der Waals surface area contributed by atoms with Crippen LogP contribution in [0, 0.1) is 5.92 Å². The lowest BCUT2D eigenvalue weighted by Gasteiger charge is -2.10. The molecule has 1 amide bonds. The molecule has 2 unspecified atom stereocenters. The lowest BCUT2D eigenvalue weighted by Crippen LogP contribution is -2.32. The van der Waals surface area contributed by atoms with Gasteiger partial charge in [-0.05, 0) is 19.3 Å². The van der Waals surface area contributed by atoms with Crippen LogP contribution in [0.25, 0.3) is 0 Å². The summed E-state index contributed by atoms with van der Waals surface area (Å²) in [5, 5.41) is 2.82. The number of amides is 1. The fourth-order valence-corrected chi connectivity index (χ4v) is 3.55. The predicted octanol–water partition coefficient (Wildman–Crippen LogP) is 0.945. The molecule has 1 saturated heterocycles. The topological polar surface area (TPSA) is 63.2 Å². The Bertz CT molecular complexity index is 342. The standard InChI is InChI=1S/C10H18ClNO3S/c1-2-9(11)3-5-12-10(13)8-4-6-16(14,15)7-8/h8-9H,2-7H2,1H3,(H,12,13). The van der Waals surface area contributed by atoms with Crippen LogP contribution >= 0.6 is 11.6 Å². The highest BCUT2D eigenvalue weighted by Crippen LogP contribution is 2.18. The molecule has 0 aromatic carbocycles. The van der Waals surface area contributed by atoms with Crippen LogP contribution in [0.1, 0.15) is 26.2 Å². The van der Waals surface area contributed by atoms with E-state index in [-0.39, 0.29) is 28.7 Å². The van der Waals surface area contributed by atoms with Gasteiger partial charge in [-0.3, -0.25) is 4.79 Å². The molecule has 6 heteroatoms. The number of carbonyl (C=O) groups is 1. The second kappa shape index (κ2) is 5.87. The van der Waals surface area contributed by atoms with Crippen LogP contribution in [-0.2, 0) is 14.6 Å². The zero-order valence-electron chi connectivity index (χ0n) is 9.41. The number of alkyl halides is 1. The fourth-order valence-electron chi connectivity index (χ4n) is 1.70. The van der Waals surface area contributed by atoms with Gasteiger partial charge < -0.3 is 5.32 Å². The Morgan fingerprint density at radius 3 is 2.75 bits per heavy atom.